The molecule has 42 heavy (non-hydrogen) atoms. The molecule has 1 saturated carbocycles. The van der Waals surface area contributed by atoms with Gasteiger partial charge in [-0.3, -0.25) is 24.0 Å². The number of carbonyl (C=O) groups is 5. The van der Waals surface area contributed by atoms with Crippen molar-refractivity contribution in [2.24, 2.45) is 16.7 Å². The summed E-state index contributed by atoms with van der Waals surface area (Å²) in [5, 5.41) is 3.26. The molecule has 2 aliphatic rings. The minimum Gasteiger partial charge on any atom is -0.469 e. The summed E-state index contributed by atoms with van der Waals surface area (Å²) in [6, 6.07) is 3.65. The minimum atomic E-state index is -1.17. The van der Waals surface area contributed by atoms with Gasteiger partial charge in [0.1, 0.15) is 11.6 Å². The first-order chi connectivity index (χ1) is 19.4. The molecule has 0 radical (unpaired) electrons. The van der Waals surface area contributed by atoms with Crippen LogP contribution in [0.1, 0.15) is 71.2 Å². The first kappa shape index (κ1) is 33.6. The number of benzene rings is 1. The van der Waals surface area contributed by atoms with Crippen LogP contribution in [0, 0.1) is 16.7 Å². The first-order valence-corrected chi connectivity index (χ1v) is 14.8. The molecule has 1 heterocycles. The second-order valence-corrected chi connectivity index (χ2v) is 13.5. The highest BCUT2D eigenvalue weighted by Gasteiger charge is 2.59. The van der Waals surface area contributed by atoms with Gasteiger partial charge in [0.25, 0.3) is 5.91 Å². The van der Waals surface area contributed by atoms with Gasteiger partial charge < -0.3 is 24.6 Å². The van der Waals surface area contributed by atoms with Gasteiger partial charge in [0, 0.05) is 32.1 Å². The van der Waals surface area contributed by atoms with Gasteiger partial charge in [-0.1, -0.05) is 43.1 Å². The molecule has 1 saturated heterocycles. The number of nitrogens with one attached hydrogen (secondary N) is 1. The van der Waals surface area contributed by atoms with Crippen LogP contribution in [0.15, 0.2) is 18.2 Å². The zero-order valence-corrected chi connectivity index (χ0v) is 26.9. The van der Waals surface area contributed by atoms with Gasteiger partial charge in [-0.25, -0.2) is 0 Å². The molecule has 1 N–H and O–H groups in total. The fourth-order valence-electron chi connectivity index (χ4n) is 5.65. The fraction of sp³-hybridized carbons (Fsp3) is 0.633. The SMILES string of the molecule is COC(=O)CC(NC(=O)C1CCC(C)(C(=O)OC(C)(C)C)C1(C)C)C(=O)N1CCN(C(=O)c2c(Cl)cccc2Cl)CC1. The van der Waals surface area contributed by atoms with Crippen LogP contribution in [0.4, 0.5) is 0 Å². The van der Waals surface area contributed by atoms with E-state index in [1.54, 1.807) is 43.9 Å². The van der Waals surface area contributed by atoms with Crippen LogP contribution in [-0.4, -0.2) is 84.4 Å². The third-order valence-electron chi connectivity index (χ3n) is 8.66. The Morgan fingerprint density at radius 2 is 1.55 bits per heavy atom. The lowest BCUT2D eigenvalue weighted by Crippen LogP contribution is -2.57. The largest absolute Gasteiger partial charge is 0.469 e. The molecule has 3 amide bonds. The van der Waals surface area contributed by atoms with Crippen LogP contribution in [-0.2, 0) is 28.7 Å². The topological polar surface area (TPSA) is 122 Å². The van der Waals surface area contributed by atoms with Gasteiger partial charge >= 0.3 is 11.9 Å². The Labute approximate surface area is 257 Å². The van der Waals surface area contributed by atoms with E-state index in [1.807, 2.05) is 20.8 Å². The quantitative estimate of drug-likeness (QED) is 0.452. The third-order valence-corrected chi connectivity index (χ3v) is 9.29. The summed E-state index contributed by atoms with van der Waals surface area (Å²) in [5.74, 6) is -2.84. The maximum atomic E-state index is 13.6. The molecule has 0 bridgehead atoms. The number of amides is 3. The van der Waals surface area contributed by atoms with Gasteiger partial charge in [0.2, 0.25) is 11.8 Å². The monoisotopic (exact) mass is 625 g/mol. The lowest BCUT2D eigenvalue weighted by molar-refractivity contribution is -0.173. The Morgan fingerprint density at radius 1 is 1.00 bits per heavy atom. The van der Waals surface area contributed by atoms with Gasteiger partial charge in [-0.2, -0.15) is 0 Å². The van der Waals surface area contributed by atoms with Crippen molar-refractivity contribution in [2.45, 2.75) is 72.4 Å². The molecular formula is C30H41Cl2N3O7. The van der Waals surface area contributed by atoms with Crippen molar-refractivity contribution in [3.63, 3.8) is 0 Å². The molecule has 3 rings (SSSR count). The second-order valence-electron chi connectivity index (χ2n) is 12.7. The lowest BCUT2D eigenvalue weighted by Gasteiger charge is -2.41. The Balaban J connectivity index is 1.72. The van der Waals surface area contributed by atoms with Crippen LogP contribution < -0.4 is 5.32 Å². The fourth-order valence-corrected chi connectivity index (χ4v) is 6.21. The van der Waals surface area contributed by atoms with E-state index in [0.717, 1.165) is 0 Å². The van der Waals surface area contributed by atoms with E-state index in [-0.39, 0.29) is 60.1 Å². The molecule has 0 spiro atoms. The van der Waals surface area contributed by atoms with Crippen LogP contribution in [0.2, 0.25) is 10.0 Å². The molecule has 2 fully saturated rings. The Bertz CT molecular complexity index is 1220. The maximum absolute atomic E-state index is 13.6. The molecule has 0 aromatic heterocycles. The van der Waals surface area contributed by atoms with E-state index >= 15 is 0 Å². The number of halogens is 2. The van der Waals surface area contributed by atoms with E-state index in [9.17, 15) is 24.0 Å². The van der Waals surface area contributed by atoms with Crippen LogP contribution in [0.3, 0.4) is 0 Å². The number of hydrogen-bond donors (Lipinski definition) is 1. The third kappa shape index (κ3) is 7.02. The van der Waals surface area contributed by atoms with Gasteiger partial charge in [-0.05, 0) is 58.1 Å². The van der Waals surface area contributed by atoms with Crippen LogP contribution in [0.25, 0.3) is 0 Å². The molecule has 232 valence electrons. The molecular weight excluding hydrogens is 585 g/mol. The van der Waals surface area contributed by atoms with Gasteiger partial charge in [0.15, 0.2) is 0 Å². The molecule has 1 aromatic carbocycles. The summed E-state index contributed by atoms with van der Waals surface area (Å²) in [6.45, 7) is 11.7. The van der Waals surface area contributed by atoms with E-state index in [1.165, 1.54) is 12.0 Å². The normalized spacial score (nSPS) is 22.7. The standard InChI is InChI=1S/C30H41Cl2N3O7/c1-28(2,3)42-27(40)30(6)12-11-18(29(30,4)5)24(37)33-21(17-22(36)41-7)25(38)34-13-15-35(16-14-34)26(39)23-19(31)9-8-10-20(23)32/h8-10,18,21H,11-17H2,1-7H3,(H,33,37). The molecule has 1 aliphatic heterocycles. The predicted molar refractivity (Wildman–Crippen MR) is 158 cm³/mol. The number of rotatable bonds is 7. The summed E-state index contributed by atoms with van der Waals surface area (Å²) in [6.07, 6.45) is 0.499. The average molecular weight is 627 g/mol. The molecule has 12 heteroatoms. The van der Waals surface area contributed by atoms with Gasteiger partial charge in [0.05, 0.1) is 34.6 Å². The van der Waals surface area contributed by atoms with Crippen molar-refractivity contribution < 1.29 is 33.4 Å². The number of methoxy groups -OCH3 is 1. The van der Waals surface area contributed by atoms with E-state index in [0.29, 0.717) is 12.8 Å². The number of hydrogen-bond acceptors (Lipinski definition) is 7. The molecule has 3 unspecified atom stereocenters. The highest BCUT2D eigenvalue weighted by atomic mass is 35.5. The maximum Gasteiger partial charge on any atom is 0.312 e. The van der Waals surface area contributed by atoms with Crippen LogP contribution in [0.5, 0.6) is 0 Å². The Kier molecular flexibility index (Phi) is 10.3. The van der Waals surface area contributed by atoms with Crippen molar-refractivity contribution in [1.82, 2.24) is 15.1 Å². The van der Waals surface area contributed by atoms with Crippen LogP contribution >= 0.6 is 23.2 Å². The highest BCUT2D eigenvalue weighted by Crippen LogP contribution is 2.57. The zero-order chi connectivity index (χ0) is 31.6. The minimum absolute atomic E-state index is 0.186. The Morgan fingerprint density at radius 3 is 2.07 bits per heavy atom. The predicted octanol–water partition coefficient (Wildman–Crippen LogP) is 4.11. The summed E-state index contributed by atoms with van der Waals surface area (Å²) >= 11 is 12.4. The number of nitrogens with zero attached hydrogens (tertiary/aromatic N) is 2. The number of piperazine rings is 1. The van der Waals surface area contributed by atoms with E-state index in [4.69, 9.17) is 32.7 Å². The Hall–Kier alpha value is -2.85. The summed E-state index contributed by atoms with van der Waals surface area (Å²) in [7, 11) is 1.21. The van der Waals surface area contributed by atoms with E-state index < -0.39 is 46.2 Å². The summed E-state index contributed by atoms with van der Waals surface area (Å²) < 4.78 is 10.5. The van der Waals surface area contributed by atoms with E-state index in [2.05, 4.69) is 5.32 Å². The lowest BCUT2D eigenvalue weighted by atomic mass is 9.65. The summed E-state index contributed by atoms with van der Waals surface area (Å²) in [4.78, 5) is 68.8. The first-order valence-electron chi connectivity index (χ1n) is 14.1. The summed E-state index contributed by atoms with van der Waals surface area (Å²) in [5.41, 5.74) is -2.18. The highest BCUT2D eigenvalue weighted by molar-refractivity contribution is 6.39. The zero-order valence-electron chi connectivity index (χ0n) is 25.3. The van der Waals surface area contributed by atoms with Crippen molar-refractivity contribution >= 4 is 52.9 Å². The van der Waals surface area contributed by atoms with Crippen molar-refractivity contribution in [1.29, 1.82) is 0 Å². The van der Waals surface area contributed by atoms with Crippen molar-refractivity contribution in [2.75, 3.05) is 33.3 Å². The van der Waals surface area contributed by atoms with Crippen molar-refractivity contribution in [3.05, 3.63) is 33.8 Å². The number of esters is 2. The average Bonchev–Trinajstić information content (AvgIpc) is 3.16. The number of carbonyl (C=O) groups excluding carboxylic acids is 5. The smallest absolute Gasteiger partial charge is 0.312 e. The second kappa shape index (κ2) is 12.8. The molecule has 1 aromatic rings. The molecule has 10 nitrogen and oxygen atoms in total. The van der Waals surface area contributed by atoms with Gasteiger partial charge in [-0.15, -0.1) is 0 Å². The number of ether oxygens (including phenoxy) is 2. The molecule has 3 atom stereocenters. The van der Waals surface area contributed by atoms with Crippen molar-refractivity contribution in [3.8, 4) is 0 Å². The molecule has 1 aliphatic carbocycles.